The minimum absolute atomic E-state index is 0.152. The van der Waals surface area contributed by atoms with Crippen LogP contribution in [0, 0.1) is 13.8 Å². The zero-order valence-electron chi connectivity index (χ0n) is 16.1. The average molecular weight is 373 g/mol. The van der Waals surface area contributed by atoms with E-state index >= 15 is 0 Å². The van der Waals surface area contributed by atoms with Crippen molar-refractivity contribution >= 4 is 17.5 Å². The van der Waals surface area contributed by atoms with Gasteiger partial charge in [0.2, 0.25) is 0 Å². The fourth-order valence-electron chi connectivity index (χ4n) is 3.27. The van der Waals surface area contributed by atoms with Gasteiger partial charge in [-0.05, 0) is 45.6 Å². The highest BCUT2D eigenvalue weighted by molar-refractivity contribution is 8.00. The van der Waals surface area contributed by atoms with Crippen molar-refractivity contribution in [3.8, 4) is 0 Å². The Morgan fingerprint density at radius 1 is 1.35 bits per heavy atom. The van der Waals surface area contributed by atoms with E-state index in [0.29, 0.717) is 0 Å². The molecule has 1 fully saturated rings. The molecule has 0 amide bonds. The molecule has 1 aliphatic heterocycles. The summed E-state index contributed by atoms with van der Waals surface area (Å²) in [5, 5.41) is 0.744. The lowest BCUT2D eigenvalue weighted by Gasteiger charge is -2.16. The van der Waals surface area contributed by atoms with Gasteiger partial charge < -0.3 is 9.30 Å². The summed E-state index contributed by atoms with van der Waals surface area (Å²) in [4.78, 5) is 17.5. The lowest BCUT2D eigenvalue weighted by Crippen LogP contribution is -2.19. The van der Waals surface area contributed by atoms with E-state index in [-0.39, 0.29) is 17.1 Å². The van der Waals surface area contributed by atoms with Crippen LogP contribution < -0.4 is 0 Å². The Labute approximate surface area is 160 Å². The normalized spacial score (nSPS) is 18.2. The van der Waals surface area contributed by atoms with Crippen LogP contribution in [0.25, 0.3) is 0 Å². The van der Waals surface area contributed by atoms with Crippen molar-refractivity contribution in [2.75, 3.05) is 6.61 Å². The van der Waals surface area contributed by atoms with E-state index in [1.165, 1.54) is 5.56 Å². The van der Waals surface area contributed by atoms with Gasteiger partial charge in [0, 0.05) is 17.9 Å². The van der Waals surface area contributed by atoms with Gasteiger partial charge in [-0.15, -0.1) is 0 Å². The fraction of sp³-hybridized carbons (Fsp3) is 0.524. The Morgan fingerprint density at radius 3 is 2.69 bits per heavy atom. The molecule has 26 heavy (non-hydrogen) atoms. The number of benzene rings is 1. The summed E-state index contributed by atoms with van der Waals surface area (Å²) in [6.07, 6.45) is 3.47. The van der Waals surface area contributed by atoms with Crippen molar-refractivity contribution in [1.29, 1.82) is 0 Å². The molecule has 1 aliphatic rings. The van der Waals surface area contributed by atoms with E-state index < -0.39 is 0 Å². The maximum absolute atomic E-state index is 12.8. The molecule has 0 N–H and O–H groups in total. The number of thioether (sulfide) groups is 1. The number of carbonyl (C=O) groups excluding carboxylic acids is 1. The van der Waals surface area contributed by atoms with E-state index in [2.05, 4.69) is 18.4 Å². The van der Waals surface area contributed by atoms with Crippen LogP contribution in [0.3, 0.4) is 0 Å². The Hall–Kier alpha value is -1.59. The molecule has 2 aromatic rings. The van der Waals surface area contributed by atoms with E-state index in [4.69, 9.17) is 9.72 Å². The van der Waals surface area contributed by atoms with Crippen molar-refractivity contribution < 1.29 is 9.53 Å². The number of ketones is 1. The first kappa shape index (κ1) is 19.2. The Balaban J connectivity index is 1.74. The Morgan fingerprint density at radius 2 is 2.08 bits per heavy atom. The second kappa shape index (κ2) is 8.40. The molecule has 0 aliphatic carbocycles. The first-order valence-electron chi connectivity index (χ1n) is 9.44. The van der Waals surface area contributed by atoms with Crippen LogP contribution >= 0.6 is 11.8 Å². The zero-order valence-corrected chi connectivity index (χ0v) is 16.9. The van der Waals surface area contributed by atoms with Crippen molar-refractivity contribution in [2.45, 2.75) is 70.0 Å². The van der Waals surface area contributed by atoms with Crippen LogP contribution in [-0.2, 0) is 17.7 Å². The number of hydrogen-bond donors (Lipinski definition) is 0. The van der Waals surface area contributed by atoms with Gasteiger partial charge in [0.15, 0.2) is 10.9 Å². The van der Waals surface area contributed by atoms with Gasteiger partial charge in [-0.1, -0.05) is 43.0 Å². The maximum Gasteiger partial charge on any atom is 0.175 e. The van der Waals surface area contributed by atoms with Crippen LogP contribution in [0.15, 0.2) is 29.4 Å². The number of ether oxygens (including phenoxy) is 1. The number of carbonyl (C=O) groups is 1. The number of rotatable bonds is 7. The zero-order chi connectivity index (χ0) is 18.7. The highest BCUT2D eigenvalue weighted by Crippen LogP contribution is 2.29. The molecule has 0 saturated carbocycles. The summed E-state index contributed by atoms with van der Waals surface area (Å²) in [6, 6.07) is 7.95. The molecular formula is C21H28N2O2S. The van der Waals surface area contributed by atoms with Crippen LogP contribution in [-0.4, -0.2) is 33.3 Å². The summed E-state index contributed by atoms with van der Waals surface area (Å²) < 4.78 is 8.02. The van der Waals surface area contributed by atoms with Crippen molar-refractivity contribution in [1.82, 2.24) is 9.55 Å². The highest BCUT2D eigenvalue weighted by atomic mass is 32.2. The number of imidazole rings is 1. The third kappa shape index (κ3) is 4.21. The molecule has 3 rings (SSSR count). The quantitative estimate of drug-likeness (QED) is 0.526. The predicted molar refractivity (Wildman–Crippen MR) is 106 cm³/mol. The van der Waals surface area contributed by atoms with Crippen molar-refractivity contribution in [2.24, 2.45) is 0 Å². The molecule has 0 unspecified atom stereocenters. The van der Waals surface area contributed by atoms with Gasteiger partial charge >= 0.3 is 0 Å². The molecule has 4 nitrogen and oxygen atoms in total. The molecule has 0 bridgehead atoms. The fourth-order valence-corrected chi connectivity index (χ4v) is 4.36. The topological polar surface area (TPSA) is 44.1 Å². The van der Waals surface area contributed by atoms with Gasteiger partial charge in [0.25, 0.3) is 0 Å². The molecule has 0 spiro atoms. The standard InChI is InChI=1S/C21H28N2O2S/c1-5-17-8-10-18(11-9-17)20(24)16(4)26-21-22-14(2)15(3)23(21)13-19-7-6-12-25-19/h8-11,16,19H,5-7,12-13H2,1-4H3/t16-,19+/m1/s1. The second-order valence-corrected chi connectivity index (χ2v) is 8.29. The third-order valence-corrected chi connectivity index (χ3v) is 6.22. The number of nitrogens with zero attached hydrogens (tertiary/aromatic N) is 2. The Kier molecular flexibility index (Phi) is 6.20. The molecular weight excluding hydrogens is 344 g/mol. The lowest BCUT2D eigenvalue weighted by molar-refractivity contribution is 0.0944. The summed E-state index contributed by atoms with van der Waals surface area (Å²) in [6.45, 7) is 9.88. The second-order valence-electron chi connectivity index (χ2n) is 6.99. The van der Waals surface area contributed by atoms with Crippen LogP contribution in [0.5, 0.6) is 0 Å². The highest BCUT2D eigenvalue weighted by Gasteiger charge is 2.23. The number of Topliss-reactive ketones (excluding diaryl/α,β-unsaturated/α-hetero) is 1. The first-order valence-corrected chi connectivity index (χ1v) is 10.3. The number of hydrogen-bond acceptors (Lipinski definition) is 4. The summed E-state index contributed by atoms with van der Waals surface area (Å²) in [5.41, 5.74) is 4.21. The molecule has 2 heterocycles. The molecule has 0 radical (unpaired) electrons. The molecule has 5 heteroatoms. The maximum atomic E-state index is 12.8. The van der Waals surface area contributed by atoms with Crippen molar-refractivity contribution in [3.63, 3.8) is 0 Å². The van der Waals surface area contributed by atoms with E-state index in [0.717, 1.165) is 54.5 Å². The third-order valence-electron chi connectivity index (χ3n) is 5.13. The van der Waals surface area contributed by atoms with Gasteiger partial charge in [0.1, 0.15) is 0 Å². The van der Waals surface area contributed by atoms with Crippen LogP contribution in [0.2, 0.25) is 0 Å². The average Bonchev–Trinajstić information content (AvgIpc) is 3.25. The minimum atomic E-state index is -0.174. The van der Waals surface area contributed by atoms with Gasteiger partial charge in [0.05, 0.1) is 23.6 Å². The largest absolute Gasteiger partial charge is 0.376 e. The molecule has 1 saturated heterocycles. The summed E-state index contributed by atoms with van der Waals surface area (Å²) in [7, 11) is 0. The van der Waals surface area contributed by atoms with Gasteiger partial charge in [-0.3, -0.25) is 4.79 Å². The molecule has 1 aromatic carbocycles. The Bertz CT molecular complexity index is 761. The molecule has 1 aromatic heterocycles. The van der Waals surface area contributed by atoms with E-state index in [9.17, 15) is 4.79 Å². The van der Waals surface area contributed by atoms with E-state index in [1.807, 2.05) is 38.1 Å². The molecule has 140 valence electrons. The smallest absolute Gasteiger partial charge is 0.175 e. The van der Waals surface area contributed by atoms with Crippen molar-refractivity contribution in [3.05, 3.63) is 46.8 Å². The minimum Gasteiger partial charge on any atom is -0.376 e. The van der Waals surface area contributed by atoms with Gasteiger partial charge in [-0.2, -0.15) is 0 Å². The van der Waals surface area contributed by atoms with Gasteiger partial charge in [-0.25, -0.2) is 4.98 Å². The summed E-state index contributed by atoms with van der Waals surface area (Å²) in [5.74, 6) is 0.152. The number of aromatic nitrogens is 2. The SMILES string of the molecule is CCc1ccc(C(=O)[C@@H](C)Sc2nc(C)c(C)n2C[C@@H]2CCCO2)cc1. The lowest BCUT2D eigenvalue weighted by atomic mass is 10.1. The van der Waals surface area contributed by atoms with Crippen LogP contribution in [0.4, 0.5) is 0 Å². The summed E-state index contributed by atoms with van der Waals surface area (Å²) >= 11 is 1.55. The van der Waals surface area contributed by atoms with Crippen LogP contribution in [0.1, 0.15) is 54.0 Å². The first-order chi connectivity index (χ1) is 12.5. The monoisotopic (exact) mass is 372 g/mol. The molecule has 2 atom stereocenters. The predicted octanol–water partition coefficient (Wildman–Crippen LogP) is 4.60. The number of aryl methyl sites for hydroxylation is 2. The van der Waals surface area contributed by atoms with E-state index in [1.54, 1.807) is 11.8 Å².